The van der Waals surface area contributed by atoms with E-state index >= 15 is 0 Å². The third-order valence-corrected chi connectivity index (χ3v) is 5.32. The van der Waals surface area contributed by atoms with Crippen molar-refractivity contribution in [3.63, 3.8) is 0 Å². The zero-order chi connectivity index (χ0) is 15.5. The van der Waals surface area contributed by atoms with Gasteiger partial charge in [0.2, 0.25) is 5.13 Å². The van der Waals surface area contributed by atoms with Crippen LogP contribution in [0.15, 0.2) is 0 Å². The van der Waals surface area contributed by atoms with E-state index in [1.807, 2.05) is 4.90 Å². The zero-order valence-electron chi connectivity index (χ0n) is 13.4. The van der Waals surface area contributed by atoms with Crippen LogP contribution in [-0.4, -0.2) is 52.5 Å². The fraction of sp³-hybridized carbons (Fsp3) is 0.800. The summed E-state index contributed by atoms with van der Waals surface area (Å²) in [5, 5.41) is 4.14. The van der Waals surface area contributed by atoms with Gasteiger partial charge in [-0.25, -0.2) is 9.78 Å². The van der Waals surface area contributed by atoms with Gasteiger partial charge in [0.05, 0.1) is 0 Å². The van der Waals surface area contributed by atoms with Crippen molar-refractivity contribution in [2.24, 2.45) is 5.92 Å². The van der Waals surface area contributed by atoms with Crippen molar-refractivity contribution in [1.82, 2.24) is 19.6 Å². The fourth-order valence-corrected chi connectivity index (χ4v) is 3.63. The molecule has 1 saturated heterocycles. The lowest BCUT2D eigenvalue weighted by Gasteiger charge is -2.24. The Bertz CT molecular complexity index is 516. The summed E-state index contributed by atoms with van der Waals surface area (Å²) in [7, 11) is 0. The standard InChI is InChI=1S/C15H25N5OS/c1-3-13-17-15(22-18-13)20-8-4-7-19(9-10-20)14(21)16-11(2)12-5-6-12/h11-12H,3-10H2,1-2H3,(H,16,21). The molecule has 1 aromatic rings. The summed E-state index contributed by atoms with van der Waals surface area (Å²) in [6.45, 7) is 7.54. The number of hydrogen-bond acceptors (Lipinski definition) is 5. The van der Waals surface area contributed by atoms with Gasteiger partial charge in [-0.05, 0) is 32.1 Å². The molecule has 1 unspecified atom stereocenters. The minimum Gasteiger partial charge on any atom is -0.345 e. The number of anilines is 1. The number of hydrogen-bond donors (Lipinski definition) is 1. The summed E-state index contributed by atoms with van der Waals surface area (Å²) in [4.78, 5) is 21.1. The molecule has 2 aliphatic rings. The highest BCUT2D eigenvalue weighted by Crippen LogP contribution is 2.32. The van der Waals surface area contributed by atoms with Crippen LogP contribution in [0.2, 0.25) is 0 Å². The maximum Gasteiger partial charge on any atom is 0.317 e. The van der Waals surface area contributed by atoms with Gasteiger partial charge >= 0.3 is 6.03 Å². The Morgan fingerprint density at radius 2 is 2.18 bits per heavy atom. The molecule has 1 N–H and O–H groups in total. The number of aryl methyl sites for hydroxylation is 1. The lowest BCUT2D eigenvalue weighted by Crippen LogP contribution is -2.46. The molecule has 1 aromatic heterocycles. The number of aromatic nitrogens is 2. The average Bonchev–Trinajstić information content (AvgIpc) is 3.30. The first-order chi connectivity index (χ1) is 10.7. The van der Waals surface area contributed by atoms with Crippen LogP contribution in [0.4, 0.5) is 9.93 Å². The van der Waals surface area contributed by atoms with Gasteiger partial charge in [0.15, 0.2) is 0 Å². The lowest BCUT2D eigenvalue weighted by atomic mass is 10.2. The van der Waals surface area contributed by atoms with Gasteiger partial charge in [0.25, 0.3) is 0 Å². The van der Waals surface area contributed by atoms with Gasteiger partial charge in [-0.2, -0.15) is 4.37 Å². The van der Waals surface area contributed by atoms with Gasteiger partial charge in [-0.1, -0.05) is 6.92 Å². The Kier molecular flexibility index (Phi) is 4.81. The van der Waals surface area contributed by atoms with Crippen LogP contribution in [-0.2, 0) is 6.42 Å². The molecule has 2 heterocycles. The van der Waals surface area contributed by atoms with Crippen LogP contribution in [0.25, 0.3) is 0 Å². The maximum atomic E-state index is 12.4. The summed E-state index contributed by atoms with van der Waals surface area (Å²) in [6, 6.07) is 0.398. The van der Waals surface area contributed by atoms with Gasteiger partial charge in [-0.15, -0.1) is 0 Å². The van der Waals surface area contributed by atoms with Crippen molar-refractivity contribution < 1.29 is 4.79 Å². The lowest BCUT2D eigenvalue weighted by molar-refractivity contribution is 0.196. The largest absolute Gasteiger partial charge is 0.345 e. The molecule has 3 rings (SSSR count). The molecular formula is C15H25N5OS. The van der Waals surface area contributed by atoms with Crippen LogP contribution < -0.4 is 10.2 Å². The highest BCUT2D eigenvalue weighted by Gasteiger charge is 2.30. The molecule has 2 fully saturated rings. The van der Waals surface area contributed by atoms with Crippen molar-refractivity contribution in [3.8, 4) is 0 Å². The second kappa shape index (κ2) is 6.81. The van der Waals surface area contributed by atoms with Crippen LogP contribution >= 0.6 is 11.5 Å². The van der Waals surface area contributed by atoms with Crippen molar-refractivity contribution in [1.29, 1.82) is 0 Å². The smallest absolute Gasteiger partial charge is 0.317 e. The quantitative estimate of drug-likeness (QED) is 0.922. The van der Waals surface area contributed by atoms with E-state index in [-0.39, 0.29) is 6.03 Å². The average molecular weight is 323 g/mol. The number of nitrogens with zero attached hydrogens (tertiary/aromatic N) is 4. The Hall–Kier alpha value is -1.37. The molecule has 1 aliphatic carbocycles. The molecule has 1 atom stereocenters. The van der Waals surface area contributed by atoms with E-state index in [0.29, 0.717) is 12.0 Å². The Balaban J connectivity index is 1.53. The Morgan fingerprint density at radius 3 is 2.86 bits per heavy atom. The monoisotopic (exact) mass is 323 g/mol. The van der Waals surface area contributed by atoms with Gasteiger partial charge in [0, 0.05) is 50.2 Å². The molecule has 1 aliphatic heterocycles. The van der Waals surface area contributed by atoms with E-state index in [0.717, 1.165) is 50.0 Å². The number of rotatable bonds is 4. The summed E-state index contributed by atoms with van der Waals surface area (Å²) >= 11 is 1.47. The summed E-state index contributed by atoms with van der Waals surface area (Å²) in [6.07, 6.45) is 4.36. The number of carbonyl (C=O) groups excluding carboxylic acids is 1. The van der Waals surface area contributed by atoms with Crippen LogP contribution in [0.1, 0.15) is 38.9 Å². The van der Waals surface area contributed by atoms with E-state index in [1.54, 1.807) is 0 Å². The molecule has 7 heteroatoms. The molecule has 122 valence electrons. The Labute approximate surface area is 136 Å². The predicted octanol–water partition coefficient (Wildman–Crippen LogP) is 2.12. The normalized spacial score (nSPS) is 20.6. The van der Waals surface area contributed by atoms with E-state index in [9.17, 15) is 4.79 Å². The highest BCUT2D eigenvalue weighted by molar-refractivity contribution is 7.09. The number of carbonyl (C=O) groups is 1. The van der Waals surface area contributed by atoms with E-state index in [1.165, 1.54) is 24.4 Å². The van der Waals surface area contributed by atoms with Crippen LogP contribution in [0.3, 0.4) is 0 Å². The first kappa shape index (κ1) is 15.5. The molecule has 6 nitrogen and oxygen atoms in total. The van der Waals surface area contributed by atoms with E-state index in [2.05, 4.69) is 33.4 Å². The number of nitrogens with one attached hydrogen (secondary N) is 1. The third-order valence-electron chi connectivity index (χ3n) is 4.51. The number of urea groups is 1. The van der Waals surface area contributed by atoms with Gasteiger partial charge in [0.1, 0.15) is 5.82 Å². The first-order valence-corrected chi connectivity index (χ1v) is 9.07. The molecule has 2 amide bonds. The van der Waals surface area contributed by atoms with Crippen LogP contribution in [0.5, 0.6) is 0 Å². The SMILES string of the molecule is CCc1nsc(N2CCCN(C(=O)NC(C)C3CC3)CC2)n1. The zero-order valence-corrected chi connectivity index (χ0v) is 14.2. The van der Waals surface area contributed by atoms with Crippen molar-refractivity contribution in [2.45, 2.75) is 45.6 Å². The minimum absolute atomic E-state index is 0.0905. The Morgan fingerprint density at radius 1 is 1.36 bits per heavy atom. The molecule has 22 heavy (non-hydrogen) atoms. The molecular weight excluding hydrogens is 298 g/mol. The highest BCUT2D eigenvalue weighted by atomic mass is 32.1. The molecule has 0 bridgehead atoms. The summed E-state index contributed by atoms with van der Waals surface area (Å²) in [5.74, 6) is 1.61. The molecule has 0 aromatic carbocycles. The second-order valence-electron chi connectivity index (χ2n) is 6.25. The van der Waals surface area contributed by atoms with E-state index in [4.69, 9.17) is 0 Å². The molecule has 0 radical (unpaired) electrons. The second-order valence-corrected chi connectivity index (χ2v) is 6.98. The van der Waals surface area contributed by atoms with Crippen molar-refractivity contribution >= 4 is 22.7 Å². The molecule has 1 saturated carbocycles. The minimum atomic E-state index is 0.0905. The van der Waals surface area contributed by atoms with E-state index < -0.39 is 0 Å². The molecule has 0 spiro atoms. The maximum absolute atomic E-state index is 12.4. The summed E-state index contributed by atoms with van der Waals surface area (Å²) in [5.41, 5.74) is 0. The third kappa shape index (κ3) is 3.69. The predicted molar refractivity (Wildman–Crippen MR) is 88.4 cm³/mol. The van der Waals surface area contributed by atoms with Crippen molar-refractivity contribution in [3.05, 3.63) is 5.82 Å². The van der Waals surface area contributed by atoms with Gasteiger partial charge < -0.3 is 15.1 Å². The van der Waals surface area contributed by atoms with Crippen LogP contribution in [0, 0.1) is 5.92 Å². The first-order valence-electron chi connectivity index (χ1n) is 8.30. The number of amides is 2. The summed E-state index contributed by atoms with van der Waals surface area (Å²) < 4.78 is 4.36. The fourth-order valence-electron chi connectivity index (χ4n) is 2.83. The van der Waals surface area contributed by atoms with Crippen molar-refractivity contribution in [2.75, 3.05) is 31.1 Å². The van der Waals surface area contributed by atoms with Gasteiger partial charge in [-0.3, -0.25) is 0 Å². The topological polar surface area (TPSA) is 61.4 Å².